The van der Waals surface area contributed by atoms with Gasteiger partial charge in [0.05, 0.1) is 0 Å². The number of rotatable bonds is 9. The van der Waals surface area contributed by atoms with Crippen molar-refractivity contribution in [2.75, 3.05) is 7.05 Å². The molecule has 1 nitrogen and oxygen atoms in total. The zero-order valence-corrected chi connectivity index (χ0v) is 17.5. The van der Waals surface area contributed by atoms with Crippen molar-refractivity contribution in [1.29, 1.82) is 0 Å². The molecule has 2 saturated carbocycles. The third kappa shape index (κ3) is 5.25. The van der Waals surface area contributed by atoms with Crippen molar-refractivity contribution in [3.8, 4) is 0 Å². The van der Waals surface area contributed by atoms with Gasteiger partial charge in [0.2, 0.25) is 0 Å². The second-order valence-corrected chi connectivity index (χ2v) is 10.0. The SMILES string of the molecule is C=C(CC1(C)CC2CC(C1)C(C(=C)CC(C)CC(C)C)C2)C(=C)NC. The van der Waals surface area contributed by atoms with Gasteiger partial charge in [-0.3, -0.25) is 0 Å². The maximum atomic E-state index is 4.55. The summed E-state index contributed by atoms with van der Waals surface area (Å²) in [7, 11) is 1.94. The maximum absolute atomic E-state index is 4.55. The Kier molecular flexibility index (Phi) is 6.62. The lowest BCUT2D eigenvalue weighted by Gasteiger charge is -2.39. The minimum atomic E-state index is 0.392. The highest BCUT2D eigenvalue weighted by Gasteiger charge is 2.46. The van der Waals surface area contributed by atoms with Crippen molar-refractivity contribution < 1.29 is 0 Å². The molecule has 2 aliphatic carbocycles. The molecule has 0 radical (unpaired) electrons. The molecule has 2 rings (SSSR count). The zero-order chi connectivity index (χ0) is 18.8. The Balaban J connectivity index is 1.96. The van der Waals surface area contributed by atoms with E-state index in [1.165, 1.54) is 44.1 Å². The van der Waals surface area contributed by atoms with Gasteiger partial charge in [0.1, 0.15) is 0 Å². The third-order valence-electron chi connectivity index (χ3n) is 6.71. The molecule has 2 fully saturated rings. The van der Waals surface area contributed by atoms with Gasteiger partial charge in [0.25, 0.3) is 0 Å². The number of hydrogen-bond donors (Lipinski definition) is 1. The minimum absolute atomic E-state index is 0.392. The topological polar surface area (TPSA) is 12.0 Å². The summed E-state index contributed by atoms with van der Waals surface area (Å²) >= 11 is 0. The summed E-state index contributed by atoms with van der Waals surface area (Å²) in [5.41, 5.74) is 4.13. The Morgan fingerprint density at radius 1 is 1.12 bits per heavy atom. The fourth-order valence-electron chi connectivity index (χ4n) is 5.98. The van der Waals surface area contributed by atoms with Crippen LogP contribution in [0, 0.1) is 35.0 Å². The van der Waals surface area contributed by atoms with Gasteiger partial charge in [-0.1, -0.05) is 53.0 Å². The Bertz CT molecular complexity index is 514. The second-order valence-electron chi connectivity index (χ2n) is 10.0. The van der Waals surface area contributed by atoms with Crippen LogP contribution in [0.1, 0.15) is 72.6 Å². The van der Waals surface area contributed by atoms with Crippen LogP contribution in [0.5, 0.6) is 0 Å². The van der Waals surface area contributed by atoms with Crippen LogP contribution < -0.4 is 5.32 Å². The van der Waals surface area contributed by atoms with Crippen LogP contribution >= 0.6 is 0 Å². The van der Waals surface area contributed by atoms with E-state index < -0.39 is 0 Å². The summed E-state index contributed by atoms with van der Waals surface area (Å²) in [5, 5.41) is 3.17. The van der Waals surface area contributed by atoms with E-state index in [4.69, 9.17) is 0 Å². The Morgan fingerprint density at radius 3 is 2.40 bits per heavy atom. The molecule has 0 spiro atoms. The molecule has 0 aliphatic heterocycles. The van der Waals surface area contributed by atoms with Crippen LogP contribution in [-0.4, -0.2) is 7.05 Å². The molecule has 1 N–H and O–H groups in total. The number of nitrogens with one attached hydrogen (secondary N) is 1. The molecular formula is C24H41N. The van der Waals surface area contributed by atoms with Crippen LogP contribution in [0.25, 0.3) is 0 Å². The molecule has 0 heterocycles. The van der Waals surface area contributed by atoms with E-state index in [9.17, 15) is 0 Å². The summed E-state index contributed by atoms with van der Waals surface area (Å²) < 4.78 is 0. The van der Waals surface area contributed by atoms with Gasteiger partial charge in [-0.15, -0.1) is 0 Å². The normalized spacial score (nSPS) is 32.5. The van der Waals surface area contributed by atoms with Gasteiger partial charge >= 0.3 is 0 Å². The van der Waals surface area contributed by atoms with Gasteiger partial charge in [-0.05, 0) is 85.5 Å². The summed E-state index contributed by atoms with van der Waals surface area (Å²) in [6.45, 7) is 22.5. The monoisotopic (exact) mass is 343 g/mol. The predicted molar refractivity (Wildman–Crippen MR) is 111 cm³/mol. The van der Waals surface area contributed by atoms with Crippen molar-refractivity contribution in [2.24, 2.45) is 35.0 Å². The van der Waals surface area contributed by atoms with Gasteiger partial charge < -0.3 is 5.32 Å². The van der Waals surface area contributed by atoms with E-state index >= 15 is 0 Å². The second kappa shape index (κ2) is 8.14. The van der Waals surface area contributed by atoms with Crippen LogP contribution in [0.2, 0.25) is 0 Å². The number of likely N-dealkylation sites (N-methyl/N-ethyl adjacent to an activating group) is 1. The fraction of sp³-hybridized carbons (Fsp3) is 0.750. The first-order valence-corrected chi connectivity index (χ1v) is 10.4. The molecule has 2 aliphatic rings. The summed E-state index contributed by atoms with van der Waals surface area (Å²) in [4.78, 5) is 0. The van der Waals surface area contributed by atoms with Crippen molar-refractivity contribution >= 4 is 0 Å². The van der Waals surface area contributed by atoms with Crippen molar-refractivity contribution in [1.82, 2.24) is 5.32 Å². The Labute approximate surface area is 157 Å². The molecular weight excluding hydrogens is 302 g/mol. The summed E-state index contributed by atoms with van der Waals surface area (Å²) in [5.74, 6) is 4.07. The van der Waals surface area contributed by atoms with E-state index in [2.05, 4.69) is 52.7 Å². The fourth-order valence-corrected chi connectivity index (χ4v) is 5.98. The zero-order valence-electron chi connectivity index (χ0n) is 17.5. The minimum Gasteiger partial charge on any atom is -0.388 e. The third-order valence-corrected chi connectivity index (χ3v) is 6.71. The van der Waals surface area contributed by atoms with Gasteiger partial charge in [0, 0.05) is 12.7 Å². The van der Waals surface area contributed by atoms with Crippen LogP contribution in [-0.2, 0) is 0 Å². The lowest BCUT2D eigenvalue weighted by Crippen LogP contribution is -2.29. The number of allylic oxidation sites excluding steroid dienone is 2. The maximum Gasteiger partial charge on any atom is 0.0291 e. The van der Waals surface area contributed by atoms with E-state index in [1.807, 2.05) is 7.05 Å². The Hall–Kier alpha value is -0.980. The van der Waals surface area contributed by atoms with Crippen LogP contribution in [0.15, 0.2) is 36.6 Å². The number of hydrogen-bond acceptors (Lipinski definition) is 1. The molecule has 0 saturated heterocycles. The van der Waals surface area contributed by atoms with E-state index in [0.29, 0.717) is 5.41 Å². The molecule has 142 valence electrons. The van der Waals surface area contributed by atoms with Gasteiger partial charge in [-0.25, -0.2) is 0 Å². The standard InChI is InChI=1S/C24H41N/c1-16(2)9-17(3)10-18(4)23-12-21-11-22(23)15-24(7,14-21)13-19(5)20(6)25-8/h16-17,21-23,25H,4-6,9-15H2,1-3,7-8H3. The largest absolute Gasteiger partial charge is 0.388 e. The Morgan fingerprint density at radius 2 is 1.80 bits per heavy atom. The van der Waals surface area contributed by atoms with Crippen molar-refractivity contribution in [2.45, 2.75) is 72.6 Å². The van der Waals surface area contributed by atoms with Crippen molar-refractivity contribution in [3.05, 3.63) is 36.6 Å². The molecule has 1 heteroatoms. The molecule has 2 bridgehead atoms. The lowest BCUT2D eigenvalue weighted by molar-refractivity contribution is 0.145. The highest BCUT2D eigenvalue weighted by atomic mass is 14.8. The first kappa shape index (κ1) is 20.3. The molecule has 0 aromatic rings. The first-order chi connectivity index (χ1) is 11.6. The highest BCUT2D eigenvalue weighted by Crippen LogP contribution is 2.57. The van der Waals surface area contributed by atoms with Crippen LogP contribution in [0.3, 0.4) is 0 Å². The molecule has 0 amide bonds. The molecule has 0 aromatic heterocycles. The lowest BCUT2D eigenvalue weighted by atomic mass is 9.66. The molecule has 5 atom stereocenters. The first-order valence-electron chi connectivity index (χ1n) is 10.4. The number of fused-ring (bicyclic) bond motifs is 2. The van der Waals surface area contributed by atoms with Gasteiger partial charge in [-0.2, -0.15) is 0 Å². The molecule has 5 unspecified atom stereocenters. The average Bonchev–Trinajstić information content (AvgIpc) is 2.80. The predicted octanol–water partition coefficient (Wildman–Crippen LogP) is 6.74. The van der Waals surface area contributed by atoms with Crippen molar-refractivity contribution in [3.63, 3.8) is 0 Å². The van der Waals surface area contributed by atoms with E-state index in [0.717, 1.165) is 41.7 Å². The molecule has 0 aromatic carbocycles. The van der Waals surface area contributed by atoms with Crippen LogP contribution in [0.4, 0.5) is 0 Å². The highest BCUT2D eigenvalue weighted by molar-refractivity contribution is 5.25. The van der Waals surface area contributed by atoms with E-state index in [-0.39, 0.29) is 0 Å². The summed E-state index contributed by atoms with van der Waals surface area (Å²) in [6.07, 6.45) is 9.13. The quantitative estimate of drug-likeness (QED) is 0.361. The summed E-state index contributed by atoms with van der Waals surface area (Å²) in [6, 6.07) is 0. The molecule has 25 heavy (non-hydrogen) atoms. The smallest absolute Gasteiger partial charge is 0.0291 e. The van der Waals surface area contributed by atoms with E-state index in [1.54, 1.807) is 5.57 Å². The average molecular weight is 344 g/mol. The van der Waals surface area contributed by atoms with Gasteiger partial charge in [0.15, 0.2) is 0 Å².